The van der Waals surface area contributed by atoms with Gasteiger partial charge in [-0.05, 0) is 67.2 Å². The van der Waals surface area contributed by atoms with Crippen molar-refractivity contribution in [2.75, 3.05) is 53.6 Å². The lowest BCUT2D eigenvalue weighted by atomic mass is 9.96. The molecule has 2 aromatic rings. The summed E-state index contributed by atoms with van der Waals surface area (Å²) in [5, 5.41) is 0. The Bertz CT molecular complexity index is 741. The number of likely N-dealkylation sites (tertiary alicyclic amines) is 1. The van der Waals surface area contributed by atoms with Gasteiger partial charge in [-0.25, -0.2) is 0 Å². The normalized spacial score (nSPS) is 15.8. The van der Waals surface area contributed by atoms with Gasteiger partial charge >= 0.3 is 0 Å². The Morgan fingerprint density at radius 1 is 1.07 bits per heavy atom. The first kappa shape index (κ1) is 22.5. The number of hydrogen-bond acceptors (Lipinski definition) is 5. The maximum atomic E-state index is 5.24. The molecule has 0 saturated carbocycles. The van der Waals surface area contributed by atoms with Gasteiger partial charge in [0.1, 0.15) is 5.75 Å². The third-order valence-corrected chi connectivity index (χ3v) is 5.78. The van der Waals surface area contributed by atoms with E-state index in [9.17, 15) is 0 Å². The van der Waals surface area contributed by atoms with Gasteiger partial charge in [-0.3, -0.25) is 9.88 Å². The van der Waals surface area contributed by atoms with Gasteiger partial charge in [-0.1, -0.05) is 24.3 Å². The number of pyridine rings is 1. The smallest absolute Gasteiger partial charge is 0.118 e. The highest BCUT2D eigenvalue weighted by molar-refractivity contribution is 5.50. The molecule has 0 unspecified atom stereocenters. The van der Waals surface area contributed by atoms with Crippen LogP contribution in [0.5, 0.6) is 5.75 Å². The Hall–Kier alpha value is -2.21. The van der Waals surface area contributed by atoms with Crippen molar-refractivity contribution in [2.24, 2.45) is 5.92 Å². The van der Waals surface area contributed by atoms with E-state index in [0.29, 0.717) is 0 Å². The summed E-state index contributed by atoms with van der Waals surface area (Å²) in [6, 6.07) is 12.4. The fourth-order valence-corrected chi connectivity index (χ4v) is 3.98. The molecular formula is C25H35N3O2. The highest BCUT2D eigenvalue weighted by Crippen LogP contribution is 2.20. The lowest BCUT2D eigenvalue weighted by Gasteiger charge is -2.34. The van der Waals surface area contributed by atoms with Gasteiger partial charge in [0.25, 0.3) is 0 Å². The molecule has 1 saturated heterocycles. The van der Waals surface area contributed by atoms with Crippen LogP contribution in [0.2, 0.25) is 0 Å². The van der Waals surface area contributed by atoms with Crippen LogP contribution in [0.3, 0.4) is 0 Å². The second kappa shape index (κ2) is 12.5. The Balaban J connectivity index is 1.55. The predicted molar refractivity (Wildman–Crippen MR) is 123 cm³/mol. The van der Waals surface area contributed by atoms with E-state index in [2.05, 4.69) is 51.2 Å². The number of piperidine rings is 1. The molecule has 0 atom stereocenters. The molecule has 0 aliphatic carbocycles. The Morgan fingerprint density at radius 3 is 2.47 bits per heavy atom. The first-order valence-electron chi connectivity index (χ1n) is 10.9. The van der Waals surface area contributed by atoms with Crippen LogP contribution >= 0.6 is 0 Å². The van der Waals surface area contributed by atoms with E-state index in [4.69, 9.17) is 9.47 Å². The summed E-state index contributed by atoms with van der Waals surface area (Å²) in [7, 11) is 3.48. The number of aromatic nitrogens is 1. The molecule has 5 nitrogen and oxygen atoms in total. The van der Waals surface area contributed by atoms with Crippen molar-refractivity contribution in [3.8, 4) is 5.75 Å². The van der Waals surface area contributed by atoms with Crippen LogP contribution in [0, 0.1) is 5.92 Å². The highest BCUT2D eigenvalue weighted by Gasteiger charge is 2.21. The van der Waals surface area contributed by atoms with Crippen LogP contribution in [-0.4, -0.2) is 68.3 Å². The van der Waals surface area contributed by atoms with E-state index in [1.165, 1.54) is 37.1 Å². The van der Waals surface area contributed by atoms with Crippen LogP contribution in [0.1, 0.15) is 24.0 Å². The van der Waals surface area contributed by atoms with Crippen molar-refractivity contribution in [1.29, 1.82) is 0 Å². The molecule has 0 bridgehead atoms. The summed E-state index contributed by atoms with van der Waals surface area (Å²) < 4.78 is 10.5. The monoisotopic (exact) mass is 409 g/mol. The molecule has 1 fully saturated rings. The third-order valence-electron chi connectivity index (χ3n) is 5.78. The van der Waals surface area contributed by atoms with Crippen molar-refractivity contribution in [3.05, 3.63) is 66.0 Å². The summed E-state index contributed by atoms with van der Waals surface area (Å²) >= 11 is 0. The van der Waals surface area contributed by atoms with Crippen molar-refractivity contribution in [1.82, 2.24) is 14.8 Å². The van der Waals surface area contributed by atoms with Gasteiger partial charge in [0.05, 0.1) is 13.7 Å². The molecule has 1 aliphatic heterocycles. The van der Waals surface area contributed by atoms with Gasteiger partial charge in [0.15, 0.2) is 0 Å². The van der Waals surface area contributed by atoms with E-state index >= 15 is 0 Å². The molecule has 1 aliphatic rings. The standard InChI is InChI=1S/C25H35N3O2/c1-29-19-18-27-16-11-24(12-17-27)21-28(20-23-9-13-26-14-10-23)15-3-4-22-5-7-25(30-2)8-6-22/h3-10,13-14,24H,11-12,15-21H2,1-2H3. The molecule has 5 heteroatoms. The number of methoxy groups -OCH3 is 2. The van der Waals surface area contributed by atoms with Crippen LogP contribution in [-0.2, 0) is 11.3 Å². The fraction of sp³-hybridized carbons (Fsp3) is 0.480. The zero-order chi connectivity index (χ0) is 21.0. The maximum absolute atomic E-state index is 5.24. The zero-order valence-corrected chi connectivity index (χ0v) is 18.4. The summed E-state index contributed by atoms with van der Waals surface area (Å²) in [4.78, 5) is 9.24. The second-order valence-electron chi connectivity index (χ2n) is 8.00. The van der Waals surface area contributed by atoms with Crippen molar-refractivity contribution in [2.45, 2.75) is 19.4 Å². The van der Waals surface area contributed by atoms with Crippen LogP contribution in [0.25, 0.3) is 6.08 Å². The van der Waals surface area contributed by atoms with E-state index in [0.717, 1.165) is 44.5 Å². The topological polar surface area (TPSA) is 37.8 Å². The van der Waals surface area contributed by atoms with Gasteiger partial charge < -0.3 is 14.4 Å². The van der Waals surface area contributed by atoms with Gasteiger partial charge in [-0.15, -0.1) is 0 Å². The van der Waals surface area contributed by atoms with Gasteiger partial charge in [0.2, 0.25) is 0 Å². The fourth-order valence-electron chi connectivity index (χ4n) is 3.98. The average molecular weight is 410 g/mol. The molecular weight excluding hydrogens is 374 g/mol. The Morgan fingerprint density at radius 2 is 1.80 bits per heavy atom. The molecule has 1 aromatic heterocycles. The first-order valence-corrected chi connectivity index (χ1v) is 10.9. The lowest BCUT2D eigenvalue weighted by molar-refractivity contribution is 0.107. The molecule has 0 N–H and O–H groups in total. The summed E-state index contributed by atoms with van der Waals surface area (Å²) in [6.07, 6.45) is 10.8. The first-order chi connectivity index (χ1) is 14.8. The minimum Gasteiger partial charge on any atom is -0.497 e. The Kier molecular flexibility index (Phi) is 9.35. The molecule has 30 heavy (non-hydrogen) atoms. The number of benzene rings is 1. The van der Waals surface area contributed by atoms with Gasteiger partial charge in [-0.2, -0.15) is 0 Å². The quantitative estimate of drug-likeness (QED) is 0.562. The van der Waals surface area contributed by atoms with Crippen LogP contribution in [0.4, 0.5) is 0 Å². The number of hydrogen-bond donors (Lipinski definition) is 0. The van der Waals surface area contributed by atoms with Crippen molar-refractivity contribution >= 4 is 6.08 Å². The maximum Gasteiger partial charge on any atom is 0.118 e. The SMILES string of the molecule is COCCN1CCC(CN(CC=Cc2ccc(OC)cc2)Cc2ccncc2)CC1. The molecule has 0 amide bonds. The van der Waals surface area contributed by atoms with Crippen LogP contribution in [0.15, 0.2) is 54.9 Å². The summed E-state index contributed by atoms with van der Waals surface area (Å²) in [5.74, 6) is 1.64. The largest absolute Gasteiger partial charge is 0.497 e. The average Bonchev–Trinajstić information content (AvgIpc) is 2.79. The van der Waals surface area contributed by atoms with Gasteiger partial charge in [0, 0.05) is 45.7 Å². The number of ether oxygens (including phenoxy) is 2. The van der Waals surface area contributed by atoms with E-state index in [1.54, 1.807) is 14.2 Å². The Labute approximate surface area is 181 Å². The second-order valence-corrected chi connectivity index (χ2v) is 8.00. The number of rotatable bonds is 11. The predicted octanol–water partition coefficient (Wildman–Crippen LogP) is 3.96. The van der Waals surface area contributed by atoms with E-state index < -0.39 is 0 Å². The minimum absolute atomic E-state index is 0.750. The van der Waals surface area contributed by atoms with E-state index in [-0.39, 0.29) is 0 Å². The third kappa shape index (κ3) is 7.56. The molecule has 0 spiro atoms. The molecule has 1 aromatic carbocycles. The summed E-state index contributed by atoms with van der Waals surface area (Å²) in [6.45, 7) is 7.27. The lowest BCUT2D eigenvalue weighted by Crippen LogP contribution is -2.39. The molecule has 0 radical (unpaired) electrons. The number of nitrogens with zero attached hydrogens (tertiary/aromatic N) is 3. The van der Waals surface area contributed by atoms with Crippen LogP contribution < -0.4 is 4.74 Å². The van der Waals surface area contributed by atoms with Crippen molar-refractivity contribution in [3.63, 3.8) is 0 Å². The van der Waals surface area contributed by atoms with E-state index in [1.807, 2.05) is 24.5 Å². The van der Waals surface area contributed by atoms with Crippen molar-refractivity contribution < 1.29 is 9.47 Å². The highest BCUT2D eigenvalue weighted by atomic mass is 16.5. The summed E-state index contributed by atoms with van der Waals surface area (Å²) in [5.41, 5.74) is 2.52. The minimum atomic E-state index is 0.750. The zero-order valence-electron chi connectivity index (χ0n) is 18.4. The molecule has 162 valence electrons. The molecule has 2 heterocycles. The molecule has 3 rings (SSSR count).